The largest absolute Gasteiger partial charge is 0.367 e. The molecule has 2 atom stereocenters. The van der Waals surface area contributed by atoms with Crippen LogP contribution < -0.4 is 5.32 Å². The van der Waals surface area contributed by atoms with Gasteiger partial charge < -0.3 is 15.0 Å². The van der Waals surface area contributed by atoms with Gasteiger partial charge in [-0.1, -0.05) is 24.3 Å². The van der Waals surface area contributed by atoms with Crippen LogP contribution in [0.15, 0.2) is 41.4 Å². The van der Waals surface area contributed by atoms with Crippen LogP contribution in [0.3, 0.4) is 0 Å². The van der Waals surface area contributed by atoms with Crippen molar-refractivity contribution >= 4 is 5.96 Å². The molecule has 1 aliphatic rings. The molecule has 0 aliphatic carbocycles. The van der Waals surface area contributed by atoms with Gasteiger partial charge in [0, 0.05) is 20.1 Å². The van der Waals surface area contributed by atoms with Gasteiger partial charge in [-0.15, -0.1) is 0 Å². The second-order valence-corrected chi connectivity index (χ2v) is 5.72. The summed E-state index contributed by atoms with van der Waals surface area (Å²) >= 11 is 0. The highest BCUT2D eigenvalue weighted by Crippen LogP contribution is 2.25. The van der Waals surface area contributed by atoms with Crippen molar-refractivity contribution in [3.8, 4) is 0 Å². The fourth-order valence-corrected chi connectivity index (χ4v) is 2.75. The highest BCUT2D eigenvalue weighted by molar-refractivity contribution is 5.80. The Labute approximate surface area is 138 Å². The van der Waals surface area contributed by atoms with E-state index >= 15 is 0 Å². The lowest BCUT2D eigenvalue weighted by Crippen LogP contribution is -2.50. The maximum Gasteiger partial charge on any atom is 0.193 e. The van der Waals surface area contributed by atoms with E-state index in [1.807, 2.05) is 13.0 Å². The van der Waals surface area contributed by atoms with Gasteiger partial charge in [-0.3, -0.25) is 4.99 Å². The first-order chi connectivity index (χ1) is 11.1. The Balaban J connectivity index is 2.02. The van der Waals surface area contributed by atoms with E-state index in [0.29, 0.717) is 6.54 Å². The minimum absolute atomic E-state index is 0.0755. The monoisotopic (exact) mass is 319 g/mol. The molecular weight excluding hydrogens is 293 g/mol. The number of hydrogen-bond acceptors (Lipinski definition) is 2. The Morgan fingerprint density at radius 2 is 2.13 bits per heavy atom. The third-order valence-electron chi connectivity index (χ3n) is 3.84. The zero-order valence-corrected chi connectivity index (χ0v) is 14.1. The van der Waals surface area contributed by atoms with E-state index in [-0.39, 0.29) is 18.0 Å². The molecule has 1 fully saturated rings. The Kier molecular flexibility index (Phi) is 6.59. The second-order valence-electron chi connectivity index (χ2n) is 5.72. The van der Waals surface area contributed by atoms with Crippen LogP contribution in [0.25, 0.3) is 0 Å². The normalized spacial score (nSPS) is 22.6. The fourth-order valence-electron chi connectivity index (χ4n) is 2.75. The quantitative estimate of drug-likeness (QED) is 0.401. The number of aliphatic imine (C=N–C) groups is 1. The van der Waals surface area contributed by atoms with Crippen molar-refractivity contribution in [1.82, 2.24) is 10.2 Å². The molecule has 1 N–H and O–H groups in total. The number of nitrogens with zero attached hydrogens (tertiary/aromatic N) is 2. The molecule has 5 heteroatoms. The van der Waals surface area contributed by atoms with Crippen molar-refractivity contribution in [1.29, 1.82) is 0 Å². The number of benzene rings is 1. The van der Waals surface area contributed by atoms with Crippen LogP contribution >= 0.6 is 0 Å². The first-order valence-corrected chi connectivity index (χ1v) is 8.11. The summed E-state index contributed by atoms with van der Waals surface area (Å²) in [7, 11) is 1.80. The summed E-state index contributed by atoms with van der Waals surface area (Å²) < 4.78 is 19.1. The molecule has 2 rings (SSSR count). The molecule has 1 saturated heterocycles. The van der Waals surface area contributed by atoms with Crippen LogP contribution in [0, 0.1) is 5.82 Å². The lowest BCUT2D eigenvalue weighted by atomic mass is 10.1. The van der Waals surface area contributed by atoms with E-state index in [4.69, 9.17) is 4.74 Å². The molecule has 2 unspecified atom stereocenters. The molecule has 1 aliphatic heterocycles. The molecule has 0 spiro atoms. The summed E-state index contributed by atoms with van der Waals surface area (Å²) in [6.45, 7) is 6.42. The maximum atomic E-state index is 13.1. The van der Waals surface area contributed by atoms with E-state index in [0.717, 1.165) is 31.0 Å². The summed E-state index contributed by atoms with van der Waals surface area (Å²) in [6.07, 6.45) is 5.16. The number of guanidine groups is 1. The van der Waals surface area contributed by atoms with Gasteiger partial charge in [-0.2, -0.15) is 0 Å². The number of nitrogens with one attached hydrogen (secondary N) is 1. The minimum atomic E-state index is -0.226. The summed E-state index contributed by atoms with van der Waals surface area (Å²) in [5, 5.41) is 3.38. The molecule has 23 heavy (non-hydrogen) atoms. The molecule has 0 saturated carbocycles. The Morgan fingerprint density at radius 3 is 2.78 bits per heavy atom. The number of morpholine rings is 1. The van der Waals surface area contributed by atoms with Crippen molar-refractivity contribution in [3.05, 3.63) is 47.8 Å². The molecule has 126 valence electrons. The van der Waals surface area contributed by atoms with Gasteiger partial charge in [-0.05, 0) is 38.0 Å². The second kappa shape index (κ2) is 8.67. The van der Waals surface area contributed by atoms with Crippen molar-refractivity contribution in [3.63, 3.8) is 0 Å². The number of rotatable bonds is 4. The van der Waals surface area contributed by atoms with Gasteiger partial charge in [0.05, 0.1) is 12.6 Å². The highest BCUT2D eigenvalue weighted by Gasteiger charge is 2.28. The topological polar surface area (TPSA) is 36.9 Å². The zero-order chi connectivity index (χ0) is 16.7. The maximum absolute atomic E-state index is 13.1. The Bertz CT molecular complexity index is 542. The molecule has 1 heterocycles. The summed E-state index contributed by atoms with van der Waals surface area (Å²) in [5.74, 6) is 0.660. The van der Waals surface area contributed by atoms with E-state index in [1.165, 1.54) is 12.1 Å². The summed E-state index contributed by atoms with van der Waals surface area (Å²) in [5.41, 5.74) is 0.993. The summed E-state index contributed by atoms with van der Waals surface area (Å²) in [6, 6.07) is 6.54. The fraction of sp³-hybridized carbons (Fsp3) is 0.500. The average molecular weight is 319 g/mol. The smallest absolute Gasteiger partial charge is 0.193 e. The van der Waals surface area contributed by atoms with Crippen LogP contribution in [0.1, 0.15) is 31.9 Å². The van der Waals surface area contributed by atoms with Crippen LogP contribution in [0.2, 0.25) is 0 Å². The third kappa shape index (κ3) is 5.06. The standard InChI is InChI=1S/C18H26FN3O/c1-4-5-6-11-21-18(20-3)22-12-14(2)23-17(13-22)15-7-9-16(19)10-8-15/h4-5,7-10,14,17H,6,11-13H2,1-3H3,(H,20,21)/b5-4+. The molecule has 1 aromatic rings. The molecule has 0 bridgehead atoms. The Morgan fingerprint density at radius 1 is 1.39 bits per heavy atom. The molecule has 0 aromatic heterocycles. The van der Waals surface area contributed by atoms with Gasteiger partial charge in [0.2, 0.25) is 0 Å². The van der Waals surface area contributed by atoms with Gasteiger partial charge in [0.15, 0.2) is 5.96 Å². The number of halogens is 1. The average Bonchev–Trinajstić information content (AvgIpc) is 2.55. The van der Waals surface area contributed by atoms with E-state index in [2.05, 4.69) is 28.2 Å². The molecule has 4 nitrogen and oxygen atoms in total. The number of ether oxygens (including phenoxy) is 1. The van der Waals surface area contributed by atoms with Crippen molar-refractivity contribution in [2.24, 2.45) is 4.99 Å². The molecule has 1 aromatic carbocycles. The molecular formula is C18H26FN3O. The van der Waals surface area contributed by atoms with Crippen molar-refractivity contribution in [2.45, 2.75) is 32.5 Å². The SMILES string of the molecule is C/C=C/CCNC(=NC)N1CC(C)OC(c2ccc(F)cc2)C1. The lowest BCUT2D eigenvalue weighted by Gasteiger charge is -2.38. The van der Waals surface area contributed by atoms with Gasteiger partial charge in [0.1, 0.15) is 11.9 Å². The van der Waals surface area contributed by atoms with Crippen molar-refractivity contribution in [2.75, 3.05) is 26.7 Å². The van der Waals surface area contributed by atoms with E-state index in [9.17, 15) is 4.39 Å². The van der Waals surface area contributed by atoms with Gasteiger partial charge in [0.25, 0.3) is 0 Å². The molecule has 0 radical (unpaired) electrons. The highest BCUT2D eigenvalue weighted by atomic mass is 19.1. The van der Waals surface area contributed by atoms with Crippen LogP contribution in [-0.2, 0) is 4.74 Å². The van der Waals surface area contributed by atoms with E-state index in [1.54, 1.807) is 19.2 Å². The van der Waals surface area contributed by atoms with Gasteiger partial charge in [-0.25, -0.2) is 4.39 Å². The number of allylic oxidation sites excluding steroid dienone is 1. The van der Waals surface area contributed by atoms with Crippen molar-refractivity contribution < 1.29 is 9.13 Å². The first kappa shape index (κ1) is 17.5. The predicted molar refractivity (Wildman–Crippen MR) is 92.1 cm³/mol. The van der Waals surface area contributed by atoms with E-state index < -0.39 is 0 Å². The van der Waals surface area contributed by atoms with Crippen LogP contribution in [-0.4, -0.2) is 43.6 Å². The number of hydrogen-bond donors (Lipinski definition) is 1. The Hall–Kier alpha value is -1.88. The lowest BCUT2D eigenvalue weighted by molar-refractivity contribution is -0.0604. The van der Waals surface area contributed by atoms with Gasteiger partial charge >= 0.3 is 0 Å². The zero-order valence-electron chi connectivity index (χ0n) is 14.1. The van der Waals surface area contributed by atoms with Crippen LogP contribution in [0.5, 0.6) is 0 Å². The summed E-state index contributed by atoms with van der Waals surface area (Å²) in [4.78, 5) is 6.58. The third-order valence-corrected chi connectivity index (χ3v) is 3.84. The predicted octanol–water partition coefficient (Wildman–Crippen LogP) is 3.13. The van der Waals surface area contributed by atoms with Crippen LogP contribution in [0.4, 0.5) is 4.39 Å². The molecule has 0 amide bonds. The minimum Gasteiger partial charge on any atom is -0.367 e. The first-order valence-electron chi connectivity index (χ1n) is 8.11.